The molecule has 1 fully saturated rings. The van der Waals surface area contributed by atoms with E-state index < -0.39 is 0 Å². The molecule has 5 nitrogen and oxygen atoms in total. The molecule has 27 heavy (non-hydrogen) atoms. The summed E-state index contributed by atoms with van der Waals surface area (Å²) in [6, 6.07) is 15.8. The lowest BCUT2D eigenvalue weighted by molar-refractivity contribution is 0.0752. The maximum absolute atomic E-state index is 13.0. The summed E-state index contributed by atoms with van der Waals surface area (Å²) >= 11 is 7.26. The number of hydrogen-bond acceptors (Lipinski definition) is 5. The lowest BCUT2D eigenvalue weighted by Gasteiger charge is -2.36. The minimum atomic E-state index is 0.00585. The summed E-state index contributed by atoms with van der Waals surface area (Å²) < 4.78 is 4.03. The van der Waals surface area contributed by atoms with Gasteiger partial charge in [0.05, 0.1) is 0 Å². The zero-order valence-electron chi connectivity index (χ0n) is 14.9. The first-order valence-corrected chi connectivity index (χ1v) is 9.96. The highest BCUT2D eigenvalue weighted by Crippen LogP contribution is 2.27. The van der Waals surface area contributed by atoms with Crippen molar-refractivity contribution in [3.8, 4) is 11.3 Å². The van der Waals surface area contributed by atoms with Gasteiger partial charge in [0.2, 0.25) is 0 Å². The number of aromatic nitrogens is 2. The van der Waals surface area contributed by atoms with E-state index in [1.807, 2.05) is 60.4 Å². The lowest BCUT2D eigenvalue weighted by Crippen LogP contribution is -2.48. The molecule has 2 aromatic carbocycles. The number of carbonyl (C=O) groups is 1. The van der Waals surface area contributed by atoms with Crippen LogP contribution in [0.15, 0.2) is 48.5 Å². The number of piperazine rings is 1. The first-order valence-electron chi connectivity index (χ1n) is 8.81. The molecule has 1 aliphatic rings. The predicted octanol–water partition coefficient (Wildman–Crippen LogP) is 4.13. The largest absolute Gasteiger partial charge is 0.368 e. The second-order valence-electron chi connectivity index (χ2n) is 6.58. The maximum Gasteiger partial charge on any atom is 0.268 e. The van der Waals surface area contributed by atoms with Crippen molar-refractivity contribution >= 4 is 34.7 Å². The number of hydrogen-bond donors (Lipinski definition) is 0. The van der Waals surface area contributed by atoms with Crippen molar-refractivity contribution in [1.29, 1.82) is 0 Å². The molecule has 0 unspecified atom stereocenters. The fourth-order valence-electron chi connectivity index (χ4n) is 3.22. The van der Waals surface area contributed by atoms with E-state index in [9.17, 15) is 4.79 Å². The number of benzene rings is 2. The molecule has 4 rings (SSSR count). The van der Waals surface area contributed by atoms with E-state index in [1.165, 1.54) is 17.1 Å². The van der Waals surface area contributed by atoms with Gasteiger partial charge < -0.3 is 9.80 Å². The van der Waals surface area contributed by atoms with Gasteiger partial charge in [0.25, 0.3) is 5.91 Å². The molecule has 0 saturated carbocycles. The van der Waals surface area contributed by atoms with E-state index in [2.05, 4.69) is 14.5 Å². The third kappa shape index (κ3) is 3.82. The molecule has 3 aromatic rings. The van der Waals surface area contributed by atoms with Crippen LogP contribution >= 0.6 is 23.1 Å². The maximum atomic E-state index is 13.0. The number of amides is 1. The Kier molecular flexibility index (Phi) is 5.09. The van der Waals surface area contributed by atoms with E-state index in [-0.39, 0.29) is 5.91 Å². The van der Waals surface area contributed by atoms with E-state index >= 15 is 0 Å². The smallest absolute Gasteiger partial charge is 0.268 e. The molecule has 138 valence electrons. The highest BCUT2D eigenvalue weighted by molar-refractivity contribution is 7.08. The minimum Gasteiger partial charge on any atom is -0.368 e. The van der Waals surface area contributed by atoms with Crippen LogP contribution in [0.5, 0.6) is 0 Å². The molecule has 2 heterocycles. The summed E-state index contributed by atoms with van der Waals surface area (Å²) in [4.78, 5) is 17.8. The number of halogens is 1. The molecule has 1 aromatic heterocycles. The summed E-state index contributed by atoms with van der Waals surface area (Å²) in [6.45, 7) is 4.91. The molecule has 0 aliphatic carbocycles. The fourth-order valence-corrected chi connectivity index (χ4v) is 4.06. The van der Waals surface area contributed by atoms with Crippen LogP contribution in [0.1, 0.15) is 15.2 Å². The molecule has 1 saturated heterocycles. The zero-order chi connectivity index (χ0) is 18.8. The second kappa shape index (κ2) is 7.66. The standard InChI is InChI=1S/C20H19ClN4OS/c1-14-5-7-15(8-6-14)18-19(27-23-22-18)20(26)25-11-9-24(10-12-25)17-4-2-3-16(21)13-17/h2-8,13H,9-12H2,1H3. The number of aryl methyl sites for hydroxylation is 1. The highest BCUT2D eigenvalue weighted by atomic mass is 35.5. The SMILES string of the molecule is Cc1ccc(-c2nnsc2C(=O)N2CCN(c3cccc(Cl)c3)CC2)cc1. The number of anilines is 1. The Hall–Kier alpha value is -2.44. The Balaban J connectivity index is 1.47. The van der Waals surface area contributed by atoms with Crippen molar-refractivity contribution in [3.63, 3.8) is 0 Å². The number of nitrogens with zero attached hydrogens (tertiary/aromatic N) is 4. The summed E-state index contributed by atoms with van der Waals surface area (Å²) in [6.07, 6.45) is 0. The zero-order valence-corrected chi connectivity index (χ0v) is 16.5. The van der Waals surface area contributed by atoms with Crippen molar-refractivity contribution in [2.24, 2.45) is 0 Å². The average molecular weight is 399 g/mol. The molecular weight excluding hydrogens is 380 g/mol. The molecule has 0 atom stereocenters. The lowest BCUT2D eigenvalue weighted by atomic mass is 10.1. The van der Waals surface area contributed by atoms with Gasteiger partial charge in [-0.25, -0.2) is 0 Å². The molecule has 1 amide bonds. The molecule has 0 radical (unpaired) electrons. The van der Waals surface area contributed by atoms with Gasteiger partial charge in [0.1, 0.15) is 10.6 Å². The number of carbonyl (C=O) groups excluding carboxylic acids is 1. The second-order valence-corrected chi connectivity index (χ2v) is 7.77. The third-order valence-corrected chi connectivity index (χ3v) is 5.70. The minimum absolute atomic E-state index is 0.00585. The van der Waals surface area contributed by atoms with Gasteiger partial charge in [-0.15, -0.1) is 5.10 Å². The predicted molar refractivity (Wildman–Crippen MR) is 110 cm³/mol. The van der Waals surface area contributed by atoms with Crippen molar-refractivity contribution in [1.82, 2.24) is 14.5 Å². The first kappa shape index (κ1) is 17.9. The van der Waals surface area contributed by atoms with Gasteiger partial charge in [-0.2, -0.15) is 0 Å². The van der Waals surface area contributed by atoms with Crippen LogP contribution in [-0.4, -0.2) is 46.6 Å². The van der Waals surface area contributed by atoms with E-state index in [4.69, 9.17) is 11.6 Å². The van der Waals surface area contributed by atoms with Crippen molar-refractivity contribution in [3.05, 3.63) is 64.0 Å². The van der Waals surface area contributed by atoms with E-state index in [1.54, 1.807) is 0 Å². The van der Waals surface area contributed by atoms with Crippen molar-refractivity contribution in [2.45, 2.75) is 6.92 Å². The quantitative estimate of drug-likeness (QED) is 0.665. The van der Waals surface area contributed by atoms with Gasteiger partial charge >= 0.3 is 0 Å². The molecular formula is C20H19ClN4OS. The first-order chi connectivity index (χ1) is 13.1. The summed E-state index contributed by atoms with van der Waals surface area (Å²) in [5.74, 6) is 0.00585. The van der Waals surface area contributed by atoms with Crippen molar-refractivity contribution in [2.75, 3.05) is 31.1 Å². The summed E-state index contributed by atoms with van der Waals surface area (Å²) in [7, 11) is 0. The Labute approximate surface area is 167 Å². The average Bonchev–Trinajstić information content (AvgIpc) is 3.18. The molecule has 7 heteroatoms. The number of rotatable bonds is 3. The normalized spacial score (nSPS) is 14.4. The Bertz CT molecular complexity index is 949. The topological polar surface area (TPSA) is 49.3 Å². The fraction of sp³-hybridized carbons (Fsp3) is 0.250. The van der Waals surface area contributed by atoms with Crippen LogP contribution in [0.2, 0.25) is 5.02 Å². The molecule has 0 N–H and O–H groups in total. The van der Waals surface area contributed by atoms with E-state index in [0.29, 0.717) is 23.7 Å². The van der Waals surface area contributed by atoms with Crippen LogP contribution in [0.25, 0.3) is 11.3 Å². The van der Waals surface area contributed by atoms with Gasteiger partial charge in [-0.3, -0.25) is 4.79 Å². The van der Waals surface area contributed by atoms with E-state index in [0.717, 1.165) is 29.4 Å². The molecule has 1 aliphatic heterocycles. The van der Waals surface area contributed by atoms with Gasteiger partial charge in [-0.1, -0.05) is 52.0 Å². The van der Waals surface area contributed by atoms with Gasteiger partial charge in [0, 0.05) is 42.5 Å². The van der Waals surface area contributed by atoms with Crippen LogP contribution in [0, 0.1) is 6.92 Å². The summed E-state index contributed by atoms with van der Waals surface area (Å²) in [5.41, 5.74) is 3.86. The van der Waals surface area contributed by atoms with Crippen LogP contribution in [0.3, 0.4) is 0 Å². The Morgan fingerprint density at radius 2 is 1.81 bits per heavy atom. The Morgan fingerprint density at radius 3 is 2.52 bits per heavy atom. The van der Waals surface area contributed by atoms with Gasteiger partial charge in [0.15, 0.2) is 0 Å². The monoisotopic (exact) mass is 398 g/mol. The van der Waals surface area contributed by atoms with Crippen LogP contribution in [0.4, 0.5) is 5.69 Å². The summed E-state index contributed by atoms with van der Waals surface area (Å²) in [5, 5.41) is 4.93. The molecule has 0 bridgehead atoms. The third-order valence-electron chi connectivity index (χ3n) is 4.75. The highest BCUT2D eigenvalue weighted by Gasteiger charge is 2.26. The van der Waals surface area contributed by atoms with Crippen LogP contribution in [-0.2, 0) is 0 Å². The van der Waals surface area contributed by atoms with Crippen LogP contribution < -0.4 is 4.90 Å². The van der Waals surface area contributed by atoms with Crippen molar-refractivity contribution < 1.29 is 4.79 Å². The van der Waals surface area contributed by atoms with Gasteiger partial charge in [-0.05, 0) is 36.7 Å². The Morgan fingerprint density at radius 1 is 1.07 bits per heavy atom. The molecule has 0 spiro atoms.